The molecule has 5 nitrogen and oxygen atoms in total. The Kier molecular flexibility index (Phi) is 3.71. The Bertz CT molecular complexity index is 390. The number of carbonyl (C=O) groups is 1. The first kappa shape index (κ1) is 11.6. The second-order valence-electron chi connectivity index (χ2n) is 3.72. The molecule has 1 aromatic rings. The molecule has 5 heteroatoms. The lowest BCUT2D eigenvalue weighted by Gasteiger charge is -2.07. The van der Waals surface area contributed by atoms with Crippen LogP contribution in [0.15, 0.2) is 17.2 Å². The van der Waals surface area contributed by atoms with Gasteiger partial charge in [0.2, 0.25) is 5.91 Å². The summed E-state index contributed by atoms with van der Waals surface area (Å²) in [6.07, 6.45) is 3.32. The Morgan fingerprint density at radius 2 is 2.00 bits per heavy atom. The molecule has 0 fully saturated rings. The smallest absolute Gasteiger partial charge is 0.328 e. The van der Waals surface area contributed by atoms with Gasteiger partial charge in [-0.2, -0.15) is 0 Å². The number of imidazole rings is 1. The van der Waals surface area contributed by atoms with E-state index in [2.05, 4.69) is 5.32 Å². The lowest BCUT2D eigenvalue weighted by Crippen LogP contribution is -2.36. The second kappa shape index (κ2) is 4.82. The van der Waals surface area contributed by atoms with Gasteiger partial charge in [-0.25, -0.2) is 4.79 Å². The SMILES string of the molecule is CCn1ccn(CC(=O)NC(C)C)c1=O. The van der Waals surface area contributed by atoms with E-state index in [0.717, 1.165) is 0 Å². The van der Waals surface area contributed by atoms with Gasteiger partial charge in [0, 0.05) is 25.0 Å². The zero-order valence-corrected chi connectivity index (χ0v) is 9.36. The maximum atomic E-state index is 11.6. The highest BCUT2D eigenvalue weighted by atomic mass is 16.2. The molecule has 0 radical (unpaired) electrons. The summed E-state index contributed by atoms with van der Waals surface area (Å²) < 4.78 is 2.96. The number of hydrogen-bond acceptors (Lipinski definition) is 2. The van der Waals surface area contributed by atoms with Gasteiger partial charge in [0.25, 0.3) is 0 Å². The van der Waals surface area contributed by atoms with Crippen molar-refractivity contribution in [3.63, 3.8) is 0 Å². The Labute approximate surface area is 88.7 Å². The van der Waals surface area contributed by atoms with Crippen LogP contribution in [0.1, 0.15) is 20.8 Å². The molecule has 0 aliphatic rings. The summed E-state index contributed by atoms with van der Waals surface area (Å²) in [5.41, 5.74) is -0.142. The summed E-state index contributed by atoms with van der Waals surface area (Å²) in [7, 11) is 0. The fourth-order valence-electron chi connectivity index (χ4n) is 1.34. The van der Waals surface area contributed by atoms with E-state index in [0.29, 0.717) is 6.54 Å². The molecule has 0 unspecified atom stereocenters. The lowest BCUT2D eigenvalue weighted by molar-refractivity contribution is -0.122. The van der Waals surface area contributed by atoms with E-state index in [4.69, 9.17) is 0 Å². The van der Waals surface area contributed by atoms with Crippen molar-refractivity contribution in [1.29, 1.82) is 0 Å². The number of amides is 1. The van der Waals surface area contributed by atoms with Gasteiger partial charge in [-0.05, 0) is 20.8 Å². The maximum absolute atomic E-state index is 11.6. The first-order valence-corrected chi connectivity index (χ1v) is 5.09. The predicted octanol–water partition coefficient (Wildman–Crippen LogP) is 0.194. The van der Waals surface area contributed by atoms with Crippen LogP contribution in [-0.4, -0.2) is 21.1 Å². The summed E-state index contributed by atoms with van der Waals surface area (Å²) in [6.45, 7) is 6.37. The van der Waals surface area contributed by atoms with Crippen LogP contribution in [0.2, 0.25) is 0 Å². The van der Waals surface area contributed by atoms with Gasteiger partial charge in [0.1, 0.15) is 6.54 Å². The topological polar surface area (TPSA) is 56.0 Å². The van der Waals surface area contributed by atoms with E-state index in [1.807, 2.05) is 20.8 Å². The third-order valence-electron chi connectivity index (χ3n) is 2.02. The van der Waals surface area contributed by atoms with E-state index >= 15 is 0 Å². The largest absolute Gasteiger partial charge is 0.352 e. The van der Waals surface area contributed by atoms with Crippen LogP contribution in [-0.2, 0) is 17.9 Å². The van der Waals surface area contributed by atoms with Gasteiger partial charge >= 0.3 is 5.69 Å². The van der Waals surface area contributed by atoms with Gasteiger partial charge < -0.3 is 5.32 Å². The zero-order chi connectivity index (χ0) is 11.4. The van der Waals surface area contributed by atoms with Gasteiger partial charge in [-0.3, -0.25) is 13.9 Å². The molecule has 0 bridgehead atoms. The van der Waals surface area contributed by atoms with Gasteiger partial charge in [0.15, 0.2) is 0 Å². The van der Waals surface area contributed by atoms with Crippen LogP contribution in [0.4, 0.5) is 0 Å². The molecule has 0 spiro atoms. The van der Waals surface area contributed by atoms with Gasteiger partial charge in [0.05, 0.1) is 0 Å². The zero-order valence-electron chi connectivity index (χ0n) is 9.36. The summed E-state index contributed by atoms with van der Waals surface area (Å²) in [5.74, 6) is -0.138. The van der Waals surface area contributed by atoms with Crippen molar-refractivity contribution < 1.29 is 4.79 Å². The van der Waals surface area contributed by atoms with Crippen molar-refractivity contribution >= 4 is 5.91 Å². The van der Waals surface area contributed by atoms with Crippen LogP contribution in [0.3, 0.4) is 0 Å². The minimum atomic E-state index is -0.142. The van der Waals surface area contributed by atoms with Crippen molar-refractivity contribution in [2.75, 3.05) is 0 Å². The van der Waals surface area contributed by atoms with Crippen LogP contribution in [0.5, 0.6) is 0 Å². The van der Waals surface area contributed by atoms with Crippen molar-refractivity contribution in [1.82, 2.24) is 14.5 Å². The highest BCUT2D eigenvalue weighted by Gasteiger charge is 2.07. The Morgan fingerprint density at radius 1 is 1.40 bits per heavy atom. The van der Waals surface area contributed by atoms with Crippen molar-refractivity contribution in [2.24, 2.45) is 0 Å². The monoisotopic (exact) mass is 211 g/mol. The first-order valence-electron chi connectivity index (χ1n) is 5.09. The van der Waals surface area contributed by atoms with Gasteiger partial charge in [-0.15, -0.1) is 0 Å². The molecule has 1 heterocycles. The molecule has 0 saturated carbocycles. The maximum Gasteiger partial charge on any atom is 0.328 e. The molecule has 0 saturated heterocycles. The number of hydrogen-bond donors (Lipinski definition) is 1. The number of nitrogens with one attached hydrogen (secondary N) is 1. The predicted molar refractivity (Wildman–Crippen MR) is 57.6 cm³/mol. The number of carbonyl (C=O) groups excluding carboxylic acids is 1. The minimum Gasteiger partial charge on any atom is -0.352 e. The van der Waals surface area contributed by atoms with Crippen LogP contribution in [0, 0.1) is 0 Å². The molecule has 0 aliphatic heterocycles. The van der Waals surface area contributed by atoms with E-state index < -0.39 is 0 Å². The van der Waals surface area contributed by atoms with E-state index in [-0.39, 0.29) is 24.2 Å². The molecule has 0 aromatic carbocycles. The summed E-state index contributed by atoms with van der Waals surface area (Å²) in [5, 5.41) is 2.74. The Balaban J connectivity index is 2.69. The molecular formula is C10H17N3O2. The highest BCUT2D eigenvalue weighted by Crippen LogP contribution is 1.86. The lowest BCUT2D eigenvalue weighted by atomic mass is 10.4. The first-order chi connectivity index (χ1) is 7.04. The highest BCUT2D eigenvalue weighted by molar-refractivity contribution is 5.75. The molecule has 0 atom stereocenters. The minimum absolute atomic E-state index is 0.0873. The van der Waals surface area contributed by atoms with Crippen molar-refractivity contribution in [2.45, 2.75) is 39.9 Å². The average molecular weight is 211 g/mol. The van der Waals surface area contributed by atoms with Crippen molar-refractivity contribution in [3.05, 3.63) is 22.9 Å². The molecule has 1 aromatic heterocycles. The van der Waals surface area contributed by atoms with E-state index in [1.165, 1.54) is 4.57 Å². The summed E-state index contributed by atoms with van der Waals surface area (Å²) >= 11 is 0. The van der Waals surface area contributed by atoms with Crippen LogP contribution in [0.25, 0.3) is 0 Å². The fourth-order valence-corrected chi connectivity index (χ4v) is 1.34. The molecule has 1 rings (SSSR count). The Hall–Kier alpha value is -1.52. The Morgan fingerprint density at radius 3 is 2.47 bits per heavy atom. The number of aromatic nitrogens is 2. The number of aryl methyl sites for hydroxylation is 1. The second-order valence-corrected chi connectivity index (χ2v) is 3.72. The summed E-state index contributed by atoms with van der Waals surface area (Å²) in [4.78, 5) is 23.0. The quantitative estimate of drug-likeness (QED) is 0.773. The fraction of sp³-hybridized carbons (Fsp3) is 0.600. The third kappa shape index (κ3) is 2.97. The normalized spacial score (nSPS) is 10.7. The molecule has 15 heavy (non-hydrogen) atoms. The molecule has 1 N–H and O–H groups in total. The van der Waals surface area contributed by atoms with Crippen LogP contribution >= 0.6 is 0 Å². The average Bonchev–Trinajstić information content (AvgIpc) is 2.46. The van der Waals surface area contributed by atoms with Crippen LogP contribution < -0.4 is 11.0 Å². The molecule has 84 valence electrons. The number of rotatable bonds is 4. The van der Waals surface area contributed by atoms with Crippen molar-refractivity contribution in [3.8, 4) is 0 Å². The van der Waals surface area contributed by atoms with Gasteiger partial charge in [-0.1, -0.05) is 0 Å². The third-order valence-corrected chi connectivity index (χ3v) is 2.02. The number of nitrogens with zero attached hydrogens (tertiary/aromatic N) is 2. The molecule has 1 amide bonds. The van der Waals surface area contributed by atoms with E-state index in [1.54, 1.807) is 17.0 Å². The van der Waals surface area contributed by atoms with E-state index in [9.17, 15) is 9.59 Å². The summed E-state index contributed by atoms with van der Waals surface area (Å²) in [6, 6.07) is 0.0986. The molecular weight excluding hydrogens is 194 g/mol. The molecule has 0 aliphatic carbocycles. The standard InChI is InChI=1S/C10H17N3O2/c1-4-12-5-6-13(10(12)15)7-9(14)11-8(2)3/h5-6,8H,4,7H2,1-3H3,(H,11,14).